The molecule has 1 heterocycles. The number of ether oxygens (including phenoxy) is 1. The third-order valence-corrected chi connectivity index (χ3v) is 4.11. The molecule has 0 saturated carbocycles. The molecule has 0 aromatic heterocycles. The van der Waals surface area contributed by atoms with E-state index in [9.17, 15) is 9.18 Å². The summed E-state index contributed by atoms with van der Waals surface area (Å²) >= 11 is 0. The van der Waals surface area contributed by atoms with Gasteiger partial charge in [-0.1, -0.05) is 18.2 Å². The van der Waals surface area contributed by atoms with Gasteiger partial charge in [-0.25, -0.2) is 4.39 Å². The van der Waals surface area contributed by atoms with Gasteiger partial charge < -0.3 is 9.64 Å². The maximum absolute atomic E-state index is 14.1. The second-order valence-electron chi connectivity index (χ2n) is 6.18. The SMILES string of the molecule is CN(C)C(=O)c1cccc(CN2CCOc3cccc(F)c3C2)c1. The number of amides is 1. The monoisotopic (exact) mass is 328 g/mol. The maximum atomic E-state index is 14.1. The highest BCUT2D eigenvalue weighted by Gasteiger charge is 2.19. The standard InChI is InChI=1S/C19H21FN2O2/c1-21(2)19(23)15-6-3-5-14(11-15)12-22-9-10-24-18-8-4-7-17(20)16(18)13-22/h3-8,11H,9-10,12-13H2,1-2H3. The molecule has 3 rings (SSSR count). The van der Waals surface area contributed by atoms with Crippen molar-refractivity contribution in [3.63, 3.8) is 0 Å². The number of carbonyl (C=O) groups excluding carboxylic acids is 1. The number of hydrogen-bond acceptors (Lipinski definition) is 3. The number of fused-ring (bicyclic) bond motifs is 1. The lowest BCUT2D eigenvalue weighted by Crippen LogP contribution is -2.26. The lowest BCUT2D eigenvalue weighted by atomic mass is 10.1. The normalized spacial score (nSPS) is 14.5. The predicted molar refractivity (Wildman–Crippen MR) is 90.5 cm³/mol. The number of benzene rings is 2. The van der Waals surface area contributed by atoms with Crippen LogP contribution < -0.4 is 4.74 Å². The first-order valence-electron chi connectivity index (χ1n) is 7.98. The van der Waals surface area contributed by atoms with E-state index in [1.807, 2.05) is 24.3 Å². The van der Waals surface area contributed by atoms with Crippen molar-refractivity contribution < 1.29 is 13.9 Å². The first-order chi connectivity index (χ1) is 11.5. The largest absolute Gasteiger partial charge is 0.492 e. The highest BCUT2D eigenvalue weighted by atomic mass is 19.1. The van der Waals surface area contributed by atoms with Crippen LogP contribution in [-0.4, -0.2) is 43.0 Å². The van der Waals surface area contributed by atoms with Gasteiger partial charge in [-0.2, -0.15) is 0 Å². The second-order valence-corrected chi connectivity index (χ2v) is 6.18. The molecule has 1 amide bonds. The van der Waals surface area contributed by atoms with E-state index < -0.39 is 0 Å². The summed E-state index contributed by atoms with van der Waals surface area (Å²) in [6, 6.07) is 12.5. The van der Waals surface area contributed by atoms with E-state index in [0.29, 0.717) is 43.1 Å². The Balaban J connectivity index is 1.78. The van der Waals surface area contributed by atoms with Crippen molar-refractivity contribution in [2.45, 2.75) is 13.1 Å². The molecule has 5 heteroatoms. The van der Waals surface area contributed by atoms with Gasteiger partial charge in [-0.05, 0) is 29.8 Å². The molecule has 0 N–H and O–H groups in total. The molecule has 0 saturated heterocycles. The molecule has 4 nitrogen and oxygen atoms in total. The van der Waals surface area contributed by atoms with E-state index in [-0.39, 0.29) is 11.7 Å². The van der Waals surface area contributed by atoms with Gasteiger partial charge in [-0.3, -0.25) is 9.69 Å². The number of rotatable bonds is 3. The lowest BCUT2D eigenvalue weighted by molar-refractivity contribution is 0.0827. The Kier molecular flexibility index (Phi) is 4.81. The summed E-state index contributed by atoms with van der Waals surface area (Å²) in [5.41, 5.74) is 2.29. The third-order valence-electron chi connectivity index (χ3n) is 4.11. The fourth-order valence-corrected chi connectivity index (χ4v) is 2.87. The first-order valence-corrected chi connectivity index (χ1v) is 7.98. The Morgan fingerprint density at radius 2 is 2.04 bits per heavy atom. The highest BCUT2D eigenvalue weighted by molar-refractivity contribution is 5.94. The lowest BCUT2D eigenvalue weighted by Gasteiger charge is -2.20. The molecule has 2 aromatic carbocycles. The fraction of sp³-hybridized carbons (Fsp3) is 0.316. The summed E-state index contributed by atoms with van der Waals surface area (Å²) in [6.45, 7) is 2.37. The van der Waals surface area contributed by atoms with Crippen molar-refractivity contribution in [3.8, 4) is 5.75 Å². The molecule has 1 aliphatic heterocycles. The van der Waals surface area contributed by atoms with Crippen LogP contribution in [-0.2, 0) is 13.1 Å². The fourth-order valence-electron chi connectivity index (χ4n) is 2.87. The van der Waals surface area contributed by atoms with Crippen LogP contribution in [0.3, 0.4) is 0 Å². The van der Waals surface area contributed by atoms with Crippen LogP contribution in [0.15, 0.2) is 42.5 Å². The Bertz CT molecular complexity index is 746. The Morgan fingerprint density at radius 3 is 2.83 bits per heavy atom. The van der Waals surface area contributed by atoms with E-state index in [0.717, 1.165) is 5.56 Å². The first kappa shape index (κ1) is 16.5. The van der Waals surface area contributed by atoms with Crippen LogP contribution in [0.1, 0.15) is 21.5 Å². The van der Waals surface area contributed by atoms with Gasteiger partial charge in [-0.15, -0.1) is 0 Å². The molecule has 2 aromatic rings. The van der Waals surface area contributed by atoms with Crippen LogP contribution in [0.2, 0.25) is 0 Å². The summed E-state index contributed by atoms with van der Waals surface area (Å²) < 4.78 is 19.7. The molecule has 0 unspecified atom stereocenters. The van der Waals surface area contributed by atoms with Gasteiger partial charge in [0, 0.05) is 44.9 Å². The number of carbonyl (C=O) groups is 1. The summed E-state index contributed by atoms with van der Waals surface area (Å²) in [5.74, 6) is 0.359. The molecule has 126 valence electrons. The Hall–Kier alpha value is -2.40. The minimum Gasteiger partial charge on any atom is -0.492 e. The van der Waals surface area contributed by atoms with Crippen molar-refractivity contribution in [2.24, 2.45) is 0 Å². The van der Waals surface area contributed by atoms with E-state index in [2.05, 4.69) is 4.90 Å². The van der Waals surface area contributed by atoms with Gasteiger partial charge in [0.25, 0.3) is 5.91 Å². The molecule has 1 aliphatic rings. The van der Waals surface area contributed by atoms with Gasteiger partial charge in [0.1, 0.15) is 18.2 Å². The molecule has 0 bridgehead atoms. The summed E-state index contributed by atoms with van der Waals surface area (Å²) in [5, 5.41) is 0. The average molecular weight is 328 g/mol. The van der Waals surface area contributed by atoms with Gasteiger partial charge in [0.15, 0.2) is 0 Å². The summed E-state index contributed by atoms with van der Waals surface area (Å²) in [7, 11) is 3.47. The molecule has 0 fully saturated rings. The highest BCUT2D eigenvalue weighted by Crippen LogP contribution is 2.26. The molecular formula is C19H21FN2O2. The number of nitrogens with zero attached hydrogens (tertiary/aromatic N) is 2. The van der Waals surface area contributed by atoms with Gasteiger partial charge in [0.2, 0.25) is 0 Å². The minimum absolute atomic E-state index is 0.0209. The van der Waals surface area contributed by atoms with Crippen LogP contribution in [0.25, 0.3) is 0 Å². The van der Waals surface area contributed by atoms with Crippen LogP contribution in [0.4, 0.5) is 4.39 Å². The molecule has 0 spiro atoms. The van der Waals surface area contributed by atoms with Crippen molar-refractivity contribution in [3.05, 3.63) is 65.0 Å². The van der Waals surface area contributed by atoms with Crippen molar-refractivity contribution in [1.82, 2.24) is 9.80 Å². The van der Waals surface area contributed by atoms with Gasteiger partial charge in [0.05, 0.1) is 0 Å². The van der Waals surface area contributed by atoms with Crippen LogP contribution in [0.5, 0.6) is 5.75 Å². The zero-order chi connectivity index (χ0) is 17.1. The molecular weight excluding hydrogens is 307 g/mol. The van der Waals surface area contributed by atoms with E-state index in [1.165, 1.54) is 6.07 Å². The molecule has 24 heavy (non-hydrogen) atoms. The van der Waals surface area contributed by atoms with E-state index in [1.54, 1.807) is 31.1 Å². The minimum atomic E-state index is -0.240. The number of hydrogen-bond donors (Lipinski definition) is 0. The molecule has 0 radical (unpaired) electrons. The zero-order valence-electron chi connectivity index (χ0n) is 14.0. The number of halogens is 1. The molecule has 0 aliphatic carbocycles. The summed E-state index contributed by atoms with van der Waals surface area (Å²) in [4.78, 5) is 15.8. The Morgan fingerprint density at radius 1 is 1.25 bits per heavy atom. The summed E-state index contributed by atoms with van der Waals surface area (Å²) in [6.07, 6.45) is 0. The van der Waals surface area contributed by atoms with Crippen molar-refractivity contribution >= 4 is 5.91 Å². The smallest absolute Gasteiger partial charge is 0.253 e. The van der Waals surface area contributed by atoms with Crippen LogP contribution in [0, 0.1) is 5.82 Å². The Labute approximate surface area is 141 Å². The molecule has 0 atom stereocenters. The van der Waals surface area contributed by atoms with E-state index in [4.69, 9.17) is 4.74 Å². The zero-order valence-corrected chi connectivity index (χ0v) is 14.0. The maximum Gasteiger partial charge on any atom is 0.253 e. The van der Waals surface area contributed by atoms with E-state index >= 15 is 0 Å². The van der Waals surface area contributed by atoms with Crippen molar-refractivity contribution in [1.29, 1.82) is 0 Å². The average Bonchev–Trinajstić information content (AvgIpc) is 2.77. The van der Waals surface area contributed by atoms with Crippen molar-refractivity contribution in [2.75, 3.05) is 27.2 Å². The quantitative estimate of drug-likeness (QED) is 0.868. The van der Waals surface area contributed by atoms with Gasteiger partial charge >= 0.3 is 0 Å². The van der Waals surface area contributed by atoms with Crippen LogP contribution >= 0.6 is 0 Å². The predicted octanol–water partition coefficient (Wildman–Crippen LogP) is 2.92. The topological polar surface area (TPSA) is 32.8 Å². The third kappa shape index (κ3) is 3.57. The second kappa shape index (κ2) is 7.01.